The second-order valence-corrected chi connectivity index (χ2v) is 6.76. The zero-order valence-electron chi connectivity index (χ0n) is 12.8. The van der Waals surface area contributed by atoms with Gasteiger partial charge < -0.3 is 10.1 Å². The second-order valence-electron chi connectivity index (χ2n) is 4.90. The maximum atomic E-state index is 12.4. The molecule has 124 valence electrons. The van der Waals surface area contributed by atoms with Crippen molar-refractivity contribution in [2.75, 3.05) is 11.9 Å². The third-order valence-corrected chi connectivity index (χ3v) is 4.59. The number of thiophene rings is 1. The lowest BCUT2D eigenvalue weighted by atomic mass is 10.3. The van der Waals surface area contributed by atoms with E-state index in [0.717, 1.165) is 4.47 Å². The van der Waals surface area contributed by atoms with Gasteiger partial charge in [-0.05, 0) is 46.4 Å². The molecule has 0 aliphatic heterocycles. The normalized spacial score (nSPS) is 10.8. The highest BCUT2D eigenvalue weighted by molar-refractivity contribution is 9.10. The molecule has 0 aliphatic rings. The van der Waals surface area contributed by atoms with Crippen LogP contribution in [0.15, 0.2) is 40.3 Å². The average molecular weight is 408 g/mol. The molecule has 3 aromatic heterocycles. The summed E-state index contributed by atoms with van der Waals surface area (Å²) in [4.78, 5) is 29.3. The Kier molecular flexibility index (Phi) is 4.96. The van der Waals surface area contributed by atoms with Crippen LogP contribution in [0.5, 0.6) is 0 Å². The van der Waals surface area contributed by atoms with Crippen LogP contribution in [0.25, 0.3) is 5.65 Å². The van der Waals surface area contributed by atoms with Gasteiger partial charge in [0.1, 0.15) is 11.5 Å². The molecule has 24 heavy (non-hydrogen) atoms. The van der Waals surface area contributed by atoms with Gasteiger partial charge >= 0.3 is 5.97 Å². The van der Waals surface area contributed by atoms with Crippen molar-refractivity contribution in [1.82, 2.24) is 9.38 Å². The van der Waals surface area contributed by atoms with E-state index in [0.29, 0.717) is 28.6 Å². The van der Waals surface area contributed by atoms with Crippen LogP contribution in [-0.2, 0) is 16.0 Å². The van der Waals surface area contributed by atoms with E-state index in [1.54, 1.807) is 29.7 Å². The maximum Gasteiger partial charge on any atom is 0.312 e. The predicted molar refractivity (Wildman–Crippen MR) is 95.5 cm³/mol. The number of rotatable bonds is 5. The SMILES string of the molecule is CCOC(=O)Cc1nc2ccc(Br)cn2c1NC(=O)c1cccs1. The number of fused-ring (bicyclic) bond motifs is 1. The van der Waals surface area contributed by atoms with Gasteiger partial charge in [-0.3, -0.25) is 14.0 Å². The molecule has 0 radical (unpaired) electrons. The van der Waals surface area contributed by atoms with Crippen molar-refractivity contribution in [1.29, 1.82) is 0 Å². The van der Waals surface area contributed by atoms with Gasteiger partial charge in [-0.15, -0.1) is 11.3 Å². The first-order valence-electron chi connectivity index (χ1n) is 7.25. The van der Waals surface area contributed by atoms with E-state index in [4.69, 9.17) is 4.74 Å². The summed E-state index contributed by atoms with van der Waals surface area (Å²) in [7, 11) is 0. The lowest BCUT2D eigenvalue weighted by Crippen LogP contribution is -2.15. The third kappa shape index (κ3) is 3.49. The summed E-state index contributed by atoms with van der Waals surface area (Å²) in [5.41, 5.74) is 1.11. The molecular formula is C16H14BrN3O3S. The van der Waals surface area contributed by atoms with Crippen LogP contribution in [0.1, 0.15) is 22.3 Å². The lowest BCUT2D eigenvalue weighted by molar-refractivity contribution is -0.142. The van der Waals surface area contributed by atoms with E-state index >= 15 is 0 Å². The van der Waals surface area contributed by atoms with Crippen LogP contribution in [0, 0.1) is 0 Å². The van der Waals surface area contributed by atoms with Crippen molar-refractivity contribution in [3.63, 3.8) is 0 Å². The molecule has 0 aliphatic carbocycles. The fourth-order valence-electron chi connectivity index (χ4n) is 2.25. The third-order valence-electron chi connectivity index (χ3n) is 3.25. The summed E-state index contributed by atoms with van der Waals surface area (Å²) in [6.07, 6.45) is 1.79. The van der Waals surface area contributed by atoms with Crippen molar-refractivity contribution >= 4 is 50.6 Å². The minimum atomic E-state index is -0.383. The van der Waals surface area contributed by atoms with Gasteiger partial charge in [0, 0.05) is 10.7 Å². The molecule has 3 heterocycles. The van der Waals surface area contributed by atoms with E-state index in [1.807, 2.05) is 17.5 Å². The number of nitrogens with one attached hydrogen (secondary N) is 1. The lowest BCUT2D eigenvalue weighted by Gasteiger charge is -2.07. The molecule has 3 rings (SSSR count). The van der Waals surface area contributed by atoms with E-state index in [-0.39, 0.29) is 18.3 Å². The van der Waals surface area contributed by atoms with Crippen LogP contribution in [0.2, 0.25) is 0 Å². The summed E-state index contributed by atoms with van der Waals surface area (Å²) >= 11 is 4.75. The maximum absolute atomic E-state index is 12.4. The van der Waals surface area contributed by atoms with Gasteiger partial charge in [0.15, 0.2) is 0 Å². The topological polar surface area (TPSA) is 72.7 Å². The number of amides is 1. The molecule has 1 N–H and O–H groups in total. The van der Waals surface area contributed by atoms with Crippen LogP contribution < -0.4 is 5.32 Å². The smallest absolute Gasteiger partial charge is 0.312 e. The fraction of sp³-hybridized carbons (Fsp3) is 0.188. The number of aromatic nitrogens is 2. The molecule has 0 unspecified atom stereocenters. The Hall–Kier alpha value is -2.19. The predicted octanol–water partition coefficient (Wildman–Crippen LogP) is 3.52. The minimum Gasteiger partial charge on any atom is -0.466 e. The number of esters is 1. The Morgan fingerprint density at radius 3 is 2.92 bits per heavy atom. The van der Waals surface area contributed by atoms with E-state index in [1.165, 1.54) is 11.3 Å². The Morgan fingerprint density at radius 2 is 2.21 bits per heavy atom. The molecule has 0 saturated carbocycles. The molecule has 1 amide bonds. The van der Waals surface area contributed by atoms with Crippen LogP contribution in [-0.4, -0.2) is 27.9 Å². The Labute approximate surface area is 150 Å². The van der Waals surface area contributed by atoms with Gasteiger partial charge in [-0.1, -0.05) is 6.07 Å². The number of hydrogen-bond acceptors (Lipinski definition) is 5. The number of imidazole rings is 1. The molecular weight excluding hydrogens is 394 g/mol. The van der Waals surface area contributed by atoms with Crippen LogP contribution in [0.3, 0.4) is 0 Å². The highest BCUT2D eigenvalue weighted by Gasteiger charge is 2.19. The summed E-state index contributed by atoms with van der Waals surface area (Å²) in [6, 6.07) is 7.20. The zero-order valence-corrected chi connectivity index (χ0v) is 15.2. The van der Waals surface area contributed by atoms with E-state index in [9.17, 15) is 9.59 Å². The first kappa shape index (κ1) is 16.7. The summed E-state index contributed by atoms with van der Waals surface area (Å²) in [6.45, 7) is 2.05. The molecule has 0 atom stereocenters. The highest BCUT2D eigenvalue weighted by atomic mass is 79.9. The monoisotopic (exact) mass is 407 g/mol. The number of hydrogen-bond donors (Lipinski definition) is 1. The Bertz CT molecular complexity index is 889. The van der Waals surface area contributed by atoms with Gasteiger partial charge in [-0.25, -0.2) is 4.98 Å². The summed E-state index contributed by atoms with van der Waals surface area (Å²) in [5.74, 6) is -0.152. The van der Waals surface area contributed by atoms with E-state index in [2.05, 4.69) is 26.2 Å². The number of halogens is 1. The molecule has 6 nitrogen and oxygen atoms in total. The summed E-state index contributed by atoms with van der Waals surface area (Å²) < 4.78 is 7.56. The first-order chi connectivity index (χ1) is 11.6. The zero-order chi connectivity index (χ0) is 17.1. The van der Waals surface area contributed by atoms with Crippen LogP contribution >= 0.6 is 27.3 Å². The van der Waals surface area contributed by atoms with Crippen LogP contribution in [0.4, 0.5) is 5.82 Å². The first-order valence-corrected chi connectivity index (χ1v) is 8.92. The Balaban J connectivity index is 2.00. The standard InChI is InChI=1S/C16H14BrN3O3S/c1-2-23-14(21)8-11-15(19-16(22)12-4-3-7-24-12)20-9-10(17)5-6-13(20)18-11/h3-7,9H,2,8H2,1H3,(H,19,22). The van der Waals surface area contributed by atoms with Gasteiger partial charge in [0.2, 0.25) is 0 Å². The van der Waals surface area contributed by atoms with Crippen molar-refractivity contribution in [2.24, 2.45) is 0 Å². The number of carbonyl (C=O) groups excluding carboxylic acids is 2. The largest absolute Gasteiger partial charge is 0.466 e. The minimum absolute atomic E-state index is 0.00675. The molecule has 0 saturated heterocycles. The van der Waals surface area contributed by atoms with Crippen molar-refractivity contribution in [3.05, 3.63) is 50.9 Å². The number of carbonyl (C=O) groups is 2. The molecule has 0 fully saturated rings. The van der Waals surface area contributed by atoms with Gasteiger partial charge in [0.25, 0.3) is 5.91 Å². The molecule has 3 aromatic rings. The second kappa shape index (κ2) is 7.14. The highest BCUT2D eigenvalue weighted by Crippen LogP contribution is 2.23. The molecule has 0 aromatic carbocycles. The van der Waals surface area contributed by atoms with E-state index < -0.39 is 0 Å². The number of ether oxygens (including phenoxy) is 1. The molecule has 0 spiro atoms. The molecule has 0 bridgehead atoms. The van der Waals surface area contributed by atoms with Crippen molar-refractivity contribution in [2.45, 2.75) is 13.3 Å². The van der Waals surface area contributed by atoms with Gasteiger partial charge in [-0.2, -0.15) is 0 Å². The number of pyridine rings is 1. The number of nitrogens with zero attached hydrogens (tertiary/aromatic N) is 2. The fourth-order valence-corrected chi connectivity index (χ4v) is 3.20. The number of anilines is 1. The average Bonchev–Trinajstić information content (AvgIpc) is 3.17. The van der Waals surface area contributed by atoms with Crippen molar-refractivity contribution in [3.8, 4) is 0 Å². The Morgan fingerprint density at radius 1 is 1.38 bits per heavy atom. The van der Waals surface area contributed by atoms with Gasteiger partial charge in [0.05, 0.1) is 23.6 Å². The molecule has 8 heteroatoms. The summed E-state index contributed by atoms with van der Waals surface area (Å²) in [5, 5.41) is 4.69. The quantitative estimate of drug-likeness (QED) is 0.656. The van der Waals surface area contributed by atoms with Crippen molar-refractivity contribution < 1.29 is 14.3 Å².